The Hall–Kier alpha value is -5.89. The fourth-order valence-corrected chi connectivity index (χ4v) is 7.40. The Morgan fingerprint density at radius 3 is 2.60 bits per heavy atom. The first-order chi connectivity index (χ1) is 25.6. The number of hydrogen-bond donors (Lipinski definition) is 3. The van der Waals surface area contributed by atoms with Crippen LogP contribution in [0, 0.1) is 0 Å². The molecular weight excluding hydrogens is 680 g/mol. The summed E-state index contributed by atoms with van der Waals surface area (Å²) in [7, 11) is 0. The molecule has 2 aromatic carbocycles. The van der Waals surface area contributed by atoms with Gasteiger partial charge >= 0.3 is 17.9 Å². The van der Waals surface area contributed by atoms with Crippen LogP contribution in [0.4, 0.5) is 11.4 Å². The summed E-state index contributed by atoms with van der Waals surface area (Å²) in [5.41, 5.74) is 8.91. The van der Waals surface area contributed by atoms with Gasteiger partial charge in [0.25, 0.3) is 5.56 Å². The normalized spacial score (nSPS) is 17.7. The standard InChI is InChI=1S/C39H40N6O8/c1-3-5-9-15-44-21-41-27-13-10-14-28-32(27)34(44)23-19-45-30(33(23)42-28)17-25-24(36(45)48)20-52-38(51)39(25,4-2)53-31(46)18-29(37(49)50)43-35(47)26(40)16-22-11-7-6-8-12-22/h6-8,10-14,17,21,26,29H,3-5,9,15-16,18-20,40H2,1-2H3,(H,43,47)(H,49,50)/t26-,29-,39-/m0/s1. The lowest BCUT2D eigenvalue weighted by Gasteiger charge is -2.36. The fourth-order valence-electron chi connectivity index (χ4n) is 7.40. The van der Waals surface area contributed by atoms with Crippen LogP contribution in [0.2, 0.25) is 0 Å². The van der Waals surface area contributed by atoms with E-state index in [4.69, 9.17) is 20.2 Å². The van der Waals surface area contributed by atoms with Crippen LogP contribution < -0.4 is 21.5 Å². The molecule has 14 heteroatoms. The number of ether oxygens (including phenoxy) is 2. The molecule has 7 rings (SSSR count). The molecule has 3 aliphatic rings. The highest BCUT2D eigenvalue weighted by atomic mass is 16.6. The summed E-state index contributed by atoms with van der Waals surface area (Å²) >= 11 is 0. The van der Waals surface area contributed by atoms with E-state index in [9.17, 15) is 29.1 Å². The van der Waals surface area contributed by atoms with Crippen molar-refractivity contribution in [3.63, 3.8) is 0 Å². The number of amides is 1. The van der Waals surface area contributed by atoms with E-state index in [2.05, 4.69) is 22.1 Å². The Balaban J connectivity index is 1.21. The van der Waals surface area contributed by atoms with Crippen molar-refractivity contribution < 1.29 is 33.8 Å². The van der Waals surface area contributed by atoms with Gasteiger partial charge < -0.3 is 35.1 Å². The monoisotopic (exact) mass is 720 g/mol. The van der Waals surface area contributed by atoms with Gasteiger partial charge in [-0.3, -0.25) is 14.4 Å². The number of aliphatic carboxylic acids is 1. The highest BCUT2D eigenvalue weighted by molar-refractivity contribution is 6.11. The van der Waals surface area contributed by atoms with Gasteiger partial charge in [0.2, 0.25) is 11.5 Å². The summed E-state index contributed by atoms with van der Waals surface area (Å²) in [5.74, 6) is -4.25. The second kappa shape index (κ2) is 14.3. The van der Waals surface area contributed by atoms with Gasteiger partial charge in [0.05, 0.1) is 64.6 Å². The molecule has 5 heterocycles. The molecule has 0 bridgehead atoms. The van der Waals surface area contributed by atoms with E-state index in [0.29, 0.717) is 16.9 Å². The number of aliphatic imine (C=N–C) groups is 1. The smallest absolute Gasteiger partial charge is 0.355 e. The summed E-state index contributed by atoms with van der Waals surface area (Å²) in [6.45, 7) is 4.36. The number of rotatable bonds is 13. The SMILES string of the molecule is CCCCCN1C=Nc2cccc3nc4c(c1c23)Cn1c-4cc2c(c1=O)COC(=O)[C@@]2(CC)OC(=O)C[C@H](NC(=O)[C@@H](N)Cc1ccccc1)C(=O)O. The lowest BCUT2D eigenvalue weighted by atomic mass is 9.85. The average Bonchev–Trinajstić information content (AvgIpc) is 3.52. The maximum atomic E-state index is 14.2. The number of nitrogens with one attached hydrogen (secondary N) is 1. The Kier molecular flexibility index (Phi) is 9.56. The minimum atomic E-state index is -2.06. The Labute approximate surface area is 304 Å². The molecule has 14 nitrogen and oxygen atoms in total. The van der Waals surface area contributed by atoms with Crippen LogP contribution in [0.15, 0.2) is 64.4 Å². The number of carbonyl (C=O) groups excluding carboxylic acids is 3. The van der Waals surface area contributed by atoms with Gasteiger partial charge in [0.1, 0.15) is 12.6 Å². The number of fused-ring (bicyclic) bond motifs is 5. The lowest BCUT2D eigenvalue weighted by molar-refractivity contribution is -0.190. The van der Waals surface area contributed by atoms with Crippen LogP contribution in [0.3, 0.4) is 0 Å². The summed E-state index contributed by atoms with van der Waals surface area (Å²) in [6, 6.07) is 13.5. The number of nitrogens with two attached hydrogens (primary N) is 1. The Bertz CT molecular complexity index is 2230. The van der Waals surface area contributed by atoms with E-state index in [0.717, 1.165) is 53.7 Å². The maximum absolute atomic E-state index is 14.2. The molecule has 0 unspecified atom stereocenters. The fraction of sp³-hybridized carbons (Fsp3) is 0.359. The molecule has 0 saturated carbocycles. The van der Waals surface area contributed by atoms with Gasteiger partial charge in [0, 0.05) is 17.7 Å². The number of hydrogen-bond acceptors (Lipinski definition) is 11. The molecule has 274 valence electrons. The molecular formula is C39H40N6O8. The average molecular weight is 721 g/mol. The number of cyclic esters (lactones) is 1. The Morgan fingerprint density at radius 1 is 1.08 bits per heavy atom. The first-order valence-electron chi connectivity index (χ1n) is 17.8. The van der Waals surface area contributed by atoms with Crippen LogP contribution in [0.5, 0.6) is 0 Å². The maximum Gasteiger partial charge on any atom is 0.355 e. The zero-order valence-electron chi connectivity index (χ0n) is 29.5. The van der Waals surface area contributed by atoms with Crippen molar-refractivity contribution in [2.45, 2.75) is 83.2 Å². The molecule has 0 aliphatic carbocycles. The van der Waals surface area contributed by atoms with Crippen LogP contribution >= 0.6 is 0 Å². The third-order valence-corrected chi connectivity index (χ3v) is 10.2. The zero-order chi connectivity index (χ0) is 37.4. The minimum absolute atomic E-state index is 0.117. The number of aromatic nitrogens is 2. The summed E-state index contributed by atoms with van der Waals surface area (Å²) in [6.07, 6.45) is 4.08. The molecule has 2 aromatic heterocycles. The van der Waals surface area contributed by atoms with Gasteiger partial charge in [-0.05, 0) is 43.0 Å². The molecule has 53 heavy (non-hydrogen) atoms. The van der Waals surface area contributed by atoms with E-state index in [1.54, 1.807) is 41.8 Å². The van der Waals surface area contributed by atoms with Crippen LogP contribution in [-0.4, -0.2) is 63.4 Å². The van der Waals surface area contributed by atoms with E-state index in [1.807, 2.05) is 30.6 Å². The number of anilines is 1. The van der Waals surface area contributed by atoms with Crippen molar-refractivity contribution >= 4 is 52.4 Å². The predicted octanol–water partition coefficient (Wildman–Crippen LogP) is 3.83. The number of carboxylic acid groups (broad SMARTS) is 1. The summed E-state index contributed by atoms with van der Waals surface area (Å²) < 4.78 is 12.9. The number of carbonyl (C=O) groups is 4. The van der Waals surface area contributed by atoms with Gasteiger partial charge in [-0.1, -0.05) is 63.1 Å². The number of pyridine rings is 2. The molecule has 0 radical (unpaired) electrons. The number of nitrogens with zero attached hydrogens (tertiary/aromatic N) is 4. The molecule has 0 saturated heterocycles. The minimum Gasteiger partial charge on any atom is -0.480 e. The van der Waals surface area contributed by atoms with Crippen molar-refractivity contribution in [1.82, 2.24) is 14.9 Å². The zero-order valence-corrected chi connectivity index (χ0v) is 29.5. The molecule has 3 aliphatic heterocycles. The van der Waals surface area contributed by atoms with E-state index < -0.39 is 53.5 Å². The molecule has 4 aromatic rings. The van der Waals surface area contributed by atoms with E-state index >= 15 is 0 Å². The quantitative estimate of drug-likeness (QED) is 0.118. The summed E-state index contributed by atoms with van der Waals surface area (Å²) in [5, 5.41) is 13.1. The van der Waals surface area contributed by atoms with Crippen molar-refractivity contribution in [3.8, 4) is 11.4 Å². The highest BCUT2D eigenvalue weighted by Crippen LogP contribution is 2.47. The van der Waals surface area contributed by atoms with Crippen molar-refractivity contribution in [2.24, 2.45) is 10.7 Å². The van der Waals surface area contributed by atoms with Gasteiger partial charge in [-0.25, -0.2) is 19.6 Å². The lowest BCUT2D eigenvalue weighted by Crippen LogP contribution is -2.51. The first-order valence-corrected chi connectivity index (χ1v) is 17.8. The second-order valence-corrected chi connectivity index (χ2v) is 13.5. The predicted molar refractivity (Wildman–Crippen MR) is 196 cm³/mol. The summed E-state index contributed by atoms with van der Waals surface area (Å²) in [4.78, 5) is 78.2. The third kappa shape index (κ3) is 6.32. The Morgan fingerprint density at radius 2 is 1.87 bits per heavy atom. The number of carboxylic acids is 1. The highest BCUT2D eigenvalue weighted by Gasteiger charge is 2.51. The van der Waals surface area contributed by atoms with E-state index in [1.165, 1.54) is 0 Å². The number of unbranched alkanes of at least 4 members (excludes halogenated alkanes) is 2. The number of benzene rings is 2. The van der Waals surface area contributed by atoms with Crippen molar-refractivity contribution in [1.29, 1.82) is 0 Å². The van der Waals surface area contributed by atoms with Crippen molar-refractivity contribution in [2.75, 3.05) is 11.4 Å². The van der Waals surface area contributed by atoms with Gasteiger partial charge in [-0.2, -0.15) is 0 Å². The third-order valence-electron chi connectivity index (χ3n) is 10.2. The van der Waals surface area contributed by atoms with Crippen LogP contribution in [0.25, 0.3) is 22.3 Å². The largest absolute Gasteiger partial charge is 0.480 e. The number of esters is 2. The van der Waals surface area contributed by atoms with Crippen LogP contribution in [0.1, 0.15) is 68.2 Å². The van der Waals surface area contributed by atoms with Gasteiger partial charge in [0.15, 0.2) is 0 Å². The molecule has 0 fully saturated rings. The molecule has 4 N–H and O–H groups in total. The molecule has 3 atom stereocenters. The van der Waals surface area contributed by atoms with Gasteiger partial charge in [-0.15, -0.1) is 0 Å². The topological polar surface area (TPSA) is 196 Å². The second-order valence-electron chi connectivity index (χ2n) is 13.5. The van der Waals surface area contributed by atoms with Crippen LogP contribution in [-0.2, 0) is 53.8 Å². The molecule has 0 spiro atoms. The van der Waals surface area contributed by atoms with Crippen molar-refractivity contribution in [3.05, 3.63) is 87.2 Å². The first kappa shape index (κ1) is 35.5. The van der Waals surface area contributed by atoms with E-state index in [-0.39, 0.29) is 37.1 Å². The molecule has 1 amide bonds.